The number of rotatable bonds is 5. The topological polar surface area (TPSA) is 68.3 Å². The van der Waals surface area contributed by atoms with Crippen molar-refractivity contribution in [2.45, 2.75) is 26.3 Å². The number of nitrogens with zero attached hydrogens (tertiary/aromatic N) is 1. The van der Waals surface area contributed by atoms with Crippen molar-refractivity contribution < 1.29 is 9.34 Å². The fourth-order valence-electron chi connectivity index (χ4n) is 2.03. The maximum absolute atomic E-state index is 10.9. The summed E-state index contributed by atoms with van der Waals surface area (Å²) in [6, 6.07) is 8.77. The summed E-state index contributed by atoms with van der Waals surface area (Å²) in [6.07, 6.45) is 2.45. The molecule has 2 aromatic rings. The molecule has 19 heavy (non-hydrogen) atoms. The van der Waals surface area contributed by atoms with E-state index in [1.54, 1.807) is 19.3 Å². The Morgan fingerprint density at radius 2 is 2.16 bits per heavy atom. The standard InChI is InChI=1S/C14H16N2O3/c1-3-11(14-8-5-9-19-14)15-12-6-4-7-13(10(12)2)16(17)18/h4-9,11,15H,3H2,1-2H3. The minimum absolute atomic E-state index is 0.00991. The highest BCUT2D eigenvalue weighted by atomic mass is 16.6. The summed E-state index contributed by atoms with van der Waals surface area (Å²) in [7, 11) is 0. The molecule has 0 radical (unpaired) electrons. The number of benzene rings is 1. The third kappa shape index (κ3) is 2.76. The van der Waals surface area contributed by atoms with Gasteiger partial charge in [0.25, 0.3) is 5.69 Å². The lowest BCUT2D eigenvalue weighted by Crippen LogP contribution is -2.10. The summed E-state index contributed by atoms with van der Waals surface area (Å²) in [6.45, 7) is 3.78. The summed E-state index contributed by atoms with van der Waals surface area (Å²) < 4.78 is 5.38. The van der Waals surface area contributed by atoms with Crippen LogP contribution in [0.3, 0.4) is 0 Å². The lowest BCUT2D eigenvalue weighted by molar-refractivity contribution is -0.385. The number of nitrogens with one attached hydrogen (secondary N) is 1. The van der Waals surface area contributed by atoms with Crippen molar-refractivity contribution in [3.63, 3.8) is 0 Å². The number of furan rings is 1. The maximum atomic E-state index is 10.9. The molecule has 0 aliphatic heterocycles. The predicted octanol–water partition coefficient (Wildman–Crippen LogP) is 4.06. The van der Waals surface area contributed by atoms with E-state index in [2.05, 4.69) is 5.32 Å². The van der Waals surface area contributed by atoms with E-state index in [0.717, 1.165) is 17.9 Å². The molecule has 1 unspecified atom stereocenters. The van der Waals surface area contributed by atoms with Gasteiger partial charge in [-0.05, 0) is 31.5 Å². The van der Waals surface area contributed by atoms with Gasteiger partial charge in [0.2, 0.25) is 0 Å². The number of hydrogen-bond donors (Lipinski definition) is 1. The SMILES string of the molecule is CCC(Nc1cccc([N+](=O)[O-])c1C)c1ccco1. The van der Waals surface area contributed by atoms with Gasteiger partial charge in [0.05, 0.1) is 17.2 Å². The first-order valence-corrected chi connectivity index (χ1v) is 6.17. The third-order valence-corrected chi connectivity index (χ3v) is 3.13. The largest absolute Gasteiger partial charge is 0.467 e. The fraction of sp³-hybridized carbons (Fsp3) is 0.286. The quantitative estimate of drug-likeness (QED) is 0.650. The molecule has 1 heterocycles. The van der Waals surface area contributed by atoms with E-state index in [9.17, 15) is 10.1 Å². The molecule has 0 spiro atoms. The minimum Gasteiger partial charge on any atom is -0.467 e. The van der Waals surface area contributed by atoms with E-state index in [1.807, 2.05) is 25.1 Å². The van der Waals surface area contributed by atoms with Crippen LogP contribution in [0.4, 0.5) is 11.4 Å². The van der Waals surface area contributed by atoms with Crippen LogP contribution in [0.2, 0.25) is 0 Å². The van der Waals surface area contributed by atoms with Crippen molar-refractivity contribution in [3.8, 4) is 0 Å². The van der Waals surface area contributed by atoms with Gasteiger partial charge in [-0.25, -0.2) is 0 Å². The van der Waals surface area contributed by atoms with Crippen LogP contribution in [0.1, 0.15) is 30.7 Å². The zero-order valence-corrected chi connectivity index (χ0v) is 10.9. The van der Waals surface area contributed by atoms with E-state index < -0.39 is 0 Å². The van der Waals surface area contributed by atoms with Crippen LogP contribution in [0.15, 0.2) is 41.0 Å². The Labute approximate surface area is 111 Å². The molecule has 5 heteroatoms. The van der Waals surface area contributed by atoms with E-state index in [1.165, 1.54) is 6.07 Å². The molecule has 1 atom stereocenters. The highest BCUT2D eigenvalue weighted by molar-refractivity contribution is 5.60. The molecule has 0 fully saturated rings. The second kappa shape index (κ2) is 5.56. The van der Waals surface area contributed by atoms with Gasteiger partial charge in [0.15, 0.2) is 0 Å². The smallest absolute Gasteiger partial charge is 0.274 e. The Balaban J connectivity index is 2.28. The van der Waals surface area contributed by atoms with E-state index >= 15 is 0 Å². The molecule has 1 aromatic carbocycles. The van der Waals surface area contributed by atoms with Crippen molar-refractivity contribution in [1.29, 1.82) is 0 Å². The van der Waals surface area contributed by atoms with Gasteiger partial charge in [0.1, 0.15) is 5.76 Å². The number of hydrogen-bond acceptors (Lipinski definition) is 4. The van der Waals surface area contributed by atoms with Crippen LogP contribution in [-0.2, 0) is 0 Å². The molecule has 2 rings (SSSR count). The molecule has 0 saturated heterocycles. The first-order chi connectivity index (χ1) is 9.13. The van der Waals surface area contributed by atoms with Crippen LogP contribution in [0.25, 0.3) is 0 Å². The van der Waals surface area contributed by atoms with Crippen LogP contribution in [-0.4, -0.2) is 4.92 Å². The van der Waals surface area contributed by atoms with Gasteiger partial charge in [-0.1, -0.05) is 13.0 Å². The van der Waals surface area contributed by atoms with Gasteiger partial charge in [-0.2, -0.15) is 0 Å². The zero-order valence-electron chi connectivity index (χ0n) is 10.9. The molecule has 100 valence electrons. The summed E-state index contributed by atoms with van der Waals surface area (Å²) in [4.78, 5) is 10.6. The van der Waals surface area contributed by atoms with Crippen molar-refractivity contribution in [3.05, 3.63) is 58.0 Å². The molecule has 0 saturated carbocycles. The van der Waals surface area contributed by atoms with Crippen LogP contribution >= 0.6 is 0 Å². The molecule has 0 aliphatic carbocycles. The third-order valence-electron chi connectivity index (χ3n) is 3.13. The van der Waals surface area contributed by atoms with Gasteiger partial charge in [-0.3, -0.25) is 10.1 Å². The molecular weight excluding hydrogens is 244 g/mol. The van der Waals surface area contributed by atoms with Crippen LogP contribution < -0.4 is 5.32 Å². The van der Waals surface area contributed by atoms with E-state index in [-0.39, 0.29) is 16.7 Å². The second-order valence-electron chi connectivity index (χ2n) is 4.33. The Morgan fingerprint density at radius 1 is 1.37 bits per heavy atom. The first-order valence-electron chi connectivity index (χ1n) is 6.17. The Morgan fingerprint density at radius 3 is 2.74 bits per heavy atom. The Bertz CT molecular complexity index is 564. The summed E-state index contributed by atoms with van der Waals surface area (Å²) >= 11 is 0. The fourth-order valence-corrected chi connectivity index (χ4v) is 2.03. The zero-order chi connectivity index (χ0) is 13.8. The number of anilines is 1. The van der Waals surface area contributed by atoms with Gasteiger partial charge >= 0.3 is 0 Å². The lowest BCUT2D eigenvalue weighted by Gasteiger charge is -2.17. The maximum Gasteiger partial charge on any atom is 0.274 e. The molecule has 0 aliphatic rings. The van der Waals surface area contributed by atoms with Gasteiger partial charge in [0, 0.05) is 17.3 Å². The number of nitro groups is 1. The average Bonchev–Trinajstić information content (AvgIpc) is 2.91. The van der Waals surface area contributed by atoms with E-state index in [4.69, 9.17) is 4.42 Å². The van der Waals surface area contributed by atoms with Gasteiger partial charge in [-0.15, -0.1) is 0 Å². The summed E-state index contributed by atoms with van der Waals surface area (Å²) in [5.74, 6) is 0.827. The highest BCUT2D eigenvalue weighted by Crippen LogP contribution is 2.29. The first kappa shape index (κ1) is 13.1. The predicted molar refractivity (Wildman–Crippen MR) is 73.2 cm³/mol. The molecule has 0 amide bonds. The molecule has 0 bridgehead atoms. The summed E-state index contributed by atoms with van der Waals surface area (Å²) in [5, 5.41) is 14.2. The molecule has 1 aromatic heterocycles. The highest BCUT2D eigenvalue weighted by Gasteiger charge is 2.17. The molecule has 5 nitrogen and oxygen atoms in total. The van der Waals surface area contributed by atoms with Crippen LogP contribution in [0, 0.1) is 17.0 Å². The normalized spacial score (nSPS) is 12.1. The number of nitro benzene ring substituents is 1. The monoisotopic (exact) mass is 260 g/mol. The van der Waals surface area contributed by atoms with Crippen molar-refractivity contribution in [2.24, 2.45) is 0 Å². The Kier molecular flexibility index (Phi) is 3.85. The van der Waals surface area contributed by atoms with Gasteiger partial charge < -0.3 is 9.73 Å². The minimum atomic E-state index is -0.367. The van der Waals surface area contributed by atoms with Crippen LogP contribution in [0.5, 0.6) is 0 Å². The van der Waals surface area contributed by atoms with Crippen molar-refractivity contribution in [2.75, 3.05) is 5.32 Å². The molecular formula is C14H16N2O3. The van der Waals surface area contributed by atoms with Crippen molar-refractivity contribution >= 4 is 11.4 Å². The second-order valence-corrected chi connectivity index (χ2v) is 4.33. The summed E-state index contributed by atoms with van der Waals surface area (Å²) in [5.41, 5.74) is 1.52. The average molecular weight is 260 g/mol. The molecule has 1 N–H and O–H groups in total. The Hall–Kier alpha value is -2.30. The van der Waals surface area contributed by atoms with E-state index in [0.29, 0.717) is 5.56 Å². The lowest BCUT2D eigenvalue weighted by atomic mass is 10.1. The van der Waals surface area contributed by atoms with Crippen molar-refractivity contribution in [1.82, 2.24) is 0 Å².